The fraction of sp³-hybridized carbons (Fsp3) is 0.214. The van der Waals surface area contributed by atoms with Crippen LogP contribution in [0.5, 0.6) is 0 Å². The van der Waals surface area contributed by atoms with Crippen molar-refractivity contribution in [2.75, 3.05) is 6.61 Å². The predicted molar refractivity (Wildman–Crippen MR) is 77.4 cm³/mol. The van der Waals surface area contributed by atoms with Crippen molar-refractivity contribution in [1.29, 1.82) is 0 Å². The molecule has 1 heterocycles. The summed E-state index contributed by atoms with van der Waals surface area (Å²) in [6.07, 6.45) is 0.0317. The molecule has 7 heteroatoms. The zero-order chi connectivity index (χ0) is 15.4. The van der Waals surface area contributed by atoms with Gasteiger partial charge in [-0.1, -0.05) is 17.7 Å². The SMILES string of the molecule is O=C(Cc1ccc(Cl)s1)N[C@H](CO)c1c(F)cccc1F. The number of aliphatic hydroxyl groups is 1. The average molecular weight is 332 g/mol. The van der Waals surface area contributed by atoms with Crippen LogP contribution in [0.1, 0.15) is 16.5 Å². The summed E-state index contributed by atoms with van der Waals surface area (Å²) in [5.74, 6) is -2.07. The largest absolute Gasteiger partial charge is 0.394 e. The number of aliphatic hydroxyl groups excluding tert-OH is 1. The first-order valence-electron chi connectivity index (χ1n) is 6.09. The van der Waals surface area contributed by atoms with Gasteiger partial charge >= 0.3 is 0 Å². The summed E-state index contributed by atoms with van der Waals surface area (Å²) in [4.78, 5) is 12.6. The molecule has 0 aliphatic heterocycles. The van der Waals surface area contributed by atoms with Gasteiger partial charge in [0.2, 0.25) is 5.91 Å². The lowest BCUT2D eigenvalue weighted by atomic mass is 10.1. The maximum atomic E-state index is 13.7. The minimum atomic E-state index is -1.13. The summed E-state index contributed by atoms with van der Waals surface area (Å²) in [6, 6.07) is 5.60. The highest BCUT2D eigenvalue weighted by molar-refractivity contribution is 7.16. The first kappa shape index (κ1) is 15.9. The Kier molecular flexibility index (Phi) is 5.27. The Balaban J connectivity index is 2.10. The quantitative estimate of drug-likeness (QED) is 0.884. The van der Waals surface area contributed by atoms with E-state index in [4.69, 9.17) is 11.6 Å². The van der Waals surface area contributed by atoms with E-state index in [0.717, 1.165) is 17.0 Å². The van der Waals surface area contributed by atoms with Gasteiger partial charge in [0.05, 0.1) is 23.4 Å². The van der Waals surface area contributed by atoms with Crippen molar-refractivity contribution >= 4 is 28.8 Å². The highest BCUT2D eigenvalue weighted by Gasteiger charge is 2.21. The van der Waals surface area contributed by atoms with Crippen LogP contribution < -0.4 is 5.32 Å². The van der Waals surface area contributed by atoms with Crippen molar-refractivity contribution in [3.8, 4) is 0 Å². The van der Waals surface area contributed by atoms with E-state index < -0.39 is 30.2 Å². The van der Waals surface area contributed by atoms with E-state index in [1.165, 1.54) is 17.4 Å². The molecular weight excluding hydrogens is 320 g/mol. The van der Waals surface area contributed by atoms with Crippen LogP contribution in [-0.4, -0.2) is 17.6 Å². The van der Waals surface area contributed by atoms with Gasteiger partial charge in [-0.15, -0.1) is 11.3 Å². The maximum Gasteiger partial charge on any atom is 0.225 e. The third kappa shape index (κ3) is 4.00. The summed E-state index contributed by atoms with van der Waals surface area (Å²) in [5, 5.41) is 11.7. The third-order valence-corrected chi connectivity index (χ3v) is 4.06. The summed E-state index contributed by atoms with van der Waals surface area (Å²) in [6.45, 7) is -0.602. The van der Waals surface area contributed by atoms with Crippen LogP contribution >= 0.6 is 22.9 Å². The van der Waals surface area contributed by atoms with Gasteiger partial charge in [0.1, 0.15) is 11.6 Å². The van der Waals surface area contributed by atoms with Crippen LogP contribution in [0.15, 0.2) is 30.3 Å². The zero-order valence-corrected chi connectivity index (χ0v) is 12.3. The Labute approximate surface area is 129 Å². The van der Waals surface area contributed by atoms with Gasteiger partial charge in [-0.05, 0) is 24.3 Å². The molecule has 2 rings (SSSR count). The maximum absolute atomic E-state index is 13.7. The smallest absolute Gasteiger partial charge is 0.225 e. The fourth-order valence-corrected chi connectivity index (χ4v) is 2.99. The van der Waals surface area contributed by atoms with Gasteiger partial charge in [0.25, 0.3) is 0 Å². The Morgan fingerprint density at radius 1 is 1.29 bits per heavy atom. The van der Waals surface area contributed by atoms with E-state index in [1.807, 2.05) is 0 Å². The predicted octanol–water partition coefficient (Wildman–Crippen LogP) is 3.07. The third-order valence-electron chi connectivity index (χ3n) is 2.83. The number of benzene rings is 1. The van der Waals surface area contributed by atoms with E-state index in [0.29, 0.717) is 4.34 Å². The van der Waals surface area contributed by atoms with E-state index in [2.05, 4.69) is 5.32 Å². The van der Waals surface area contributed by atoms with E-state index in [1.54, 1.807) is 12.1 Å². The second-order valence-electron chi connectivity index (χ2n) is 4.32. The summed E-state index contributed by atoms with van der Waals surface area (Å²) in [5.41, 5.74) is -0.349. The average Bonchev–Trinajstić information content (AvgIpc) is 2.82. The standard InChI is InChI=1S/C14H12ClF2NO2S/c15-12-5-4-8(21-12)6-13(20)18-11(7-19)14-9(16)2-1-3-10(14)17/h1-5,11,19H,6-7H2,(H,18,20)/t11-/m1/s1. The van der Waals surface area contributed by atoms with Crippen molar-refractivity contribution in [2.45, 2.75) is 12.5 Å². The Morgan fingerprint density at radius 3 is 2.48 bits per heavy atom. The molecule has 0 aliphatic rings. The van der Waals surface area contributed by atoms with Crippen molar-refractivity contribution in [3.05, 3.63) is 56.7 Å². The highest BCUT2D eigenvalue weighted by atomic mass is 35.5. The fourth-order valence-electron chi connectivity index (χ4n) is 1.90. The molecule has 2 N–H and O–H groups in total. The van der Waals surface area contributed by atoms with E-state index in [-0.39, 0.29) is 12.0 Å². The van der Waals surface area contributed by atoms with Crippen LogP contribution in [0, 0.1) is 11.6 Å². The molecule has 0 fully saturated rings. The molecule has 2 aromatic rings. The number of hydrogen-bond acceptors (Lipinski definition) is 3. The molecule has 0 spiro atoms. The summed E-state index contributed by atoms with van der Waals surface area (Å²) in [7, 11) is 0. The van der Waals surface area contributed by atoms with Gasteiger partial charge < -0.3 is 10.4 Å². The monoisotopic (exact) mass is 331 g/mol. The first-order chi connectivity index (χ1) is 10.0. The van der Waals surface area contributed by atoms with Gasteiger partial charge in [-0.2, -0.15) is 0 Å². The van der Waals surface area contributed by atoms with Gasteiger partial charge in [-0.25, -0.2) is 8.78 Å². The van der Waals surface area contributed by atoms with Crippen molar-refractivity contribution in [1.82, 2.24) is 5.32 Å². The Bertz CT molecular complexity index is 627. The molecule has 0 saturated carbocycles. The second kappa shape index (κ2) is 6.98. The Morgan fingerprint density at radius 2 is 1.95 bits per heavy atom. The normalized spacial score (nSPS) is 12.2. The Hall–Kier alpha value is -1.50. The second-order valence-corrected chi connectivity index (χ2v) is 6.12. The molecule has 21 heavy (non-hydrogen) atoms. The van der Waals surface area contributed by atoms with Crippen molar-refractivity contribution in [2.24, 2.45) is 0 Å². The molecule has 1 atom stereocenters. The highest BCUT2D eigenvalue weighted by Crippen LogP contribution is 2.23. The number of thiophene rings is 1. The van der Waals surface area contributed by atoms with E-state index in [9.17, 15) is 18.7 Å². The number of carbonyl (C=O) groups is 1. The molecule has 1 aromatic carbocycles. The zero-order valence-electron chi connectivity index (χ0n) is 10.8. The van der Waals surface area contributed by atoms with Crippen LogP contribution in [0.2, 0.25) is 4.34 Å². The summed E-state index contributed by atoms with van der Waals surface area (Å²) < 4.78 is 27.9. The molecule has 0 saturated heterocycles. The lowest BCUT2D eigenvalue weighted by molar-refractivity contribution is -0.121. The topological polar surface area (TPSA) is 49.3 Å². The number of rotatable bonds is 5. The molecule has 0 bridgehead atoms. The van der Waals surface area contributed by atoms with Gasteiger partial charge in [0.15, 0.2) is 0 Å². The molecule has 0 radical (unpaired) electrons. The minimum Gasteiger partial charge on any atom is -0.394 e. The van der Waals surface area contributed by atoms with Crippen LogP contribution in [0.4, 0.5) is 8.78 Å². The molecule has 3 nitrogen and oxygen atoms in total. The molecular formula is C14H12ClF2NO2S. The van der Waals surface area contributed by atoms with E-state index >= 15 is 0 Å². The number of nitrogens with one attached hydrogen (secondary N) is 1. The lowest BCUT2D eigenvalue weighted by Gasteiger charge is -2.17. The van der Waals surface area contributed by atoms with Gasteiger partial charge in [-0.3, -0.25) is 4.79 Å². The molecule has 112 valence electrons. The van der Waals surface area contributed by atoms with Crippen molar-refractivity contribution in [3.63, 3.8) is 0 Å². The number of hydrogen-bond donors (Lipinski definition) is 2. The number of halogens is 3. The van der Waals surface area contributed by atoms with Gasteiger partial charge in [0, 0.05) is 10.4 Å². The molecule has 0 aliphatic carbocycles. The van der Waals surface area contributed by atoms with Crippen molar-refractivity contribution < 1.29 is 18.7 Å². The molecule has 1 aromatic heterocycles. The lowest BCUT2D eigenvalue weighted by Crippen LogP contribution is -2.33. The van der Waals surface area contributed by atoms with Crippen LogP contribution in [0.3, 0.4) is 0 Å². The minimum absolute atomic E-state index is 0.0317. The first-order valence-corrected chi connectivity index (χ1v) is 7.29. The van der Waals surface area contributed by atoms with Crippen LogP contribution in [-0.2, 0) is 11.2 Å². The van der Waals surface area contributed by atoms with Crippen LogP contribution in [0.25, 0.3) is 0 Å². The number of carbonyl (C=O) groups excluding carboxylic acids is 1. The number of amides is 1. The molecule has 0 unspecified atom stereocenters. The molecule has 1 amide bonds. The summed E-state index contributed by atoms with van der Waals surface area (Å²) >= 11 is 7.01.